The van der Waals surface area contributed by atoms with Gasteiger partial charge in [0, 0.05) is 23.8 Å². The molecule has 0 spiro atoms. The number of carbonyl (C=O) groups is 2. The zero-order valence-electron chi connectivity index (χ0n) is 20.2. The third kappa shape index (κ3) is 7.34. The van der Waals surface area contributed by atoms with E-state index in [1.54, 1.807) is 18.4 Å². The number of halogens is 3. The first kappa shape index (κ1) is 28.5. The summed E-state index contributed by atoms with van der Waals surface area (Å²) in [7, 11) is -4.15. The second kappa shape index (κ2) is 11.7. The highest BCUT2D eigenvalue weighted by molar-refractivity contribution is 7.99. The average molecular weight is 598 g/mol. The second-order valence-electron chi connectivity index (χ2n) is 8.34. The van der Waals surface area contributed by atoms with Crippen LogP contribution < -0.4 is 14.8 Å². The molecule has 2 aromatic carbocycles. The van der Waals surface area contributed by atoms with Gasteiger partial charge < -0.3 is 19.8 Å². The van der Waals surface area contributed by atoms with Crippen LogP contribution in [0.5, 0.6) is 5.75 Å². The molecule has 3 N–H and O–H groups in total. The number of aromatic nitrogens is 1. The number of amides is 1. The first-order valence-electron chi connectivity index (χ1n) is 11.3. The molecule has 8 nitrogen and oxygen atoms in total. The van der Waals surface area contributed by atoms with Crippen molar-refractivity contribution in [3.8, 4) is 5.75 Å². The van der Waals surface area contributed by atoms with Crippen molar-refractivity contribution in [2.75, 3.05) is 11.3 Å². The Morgan fingerprint density at radius 3 is 2.56 bits per heavy atom. The molecular formula is C25H22F3N3O5S3. The summed E-state index contributed by atoms with van der Waals surface area (Å²) in [6.07, 6.45) is -4.30. The Morgan fingerprint density at radius 2 is 1.92 bits per heavy atom. The standard InChI is InChI=1S/C25H22F3N3O5S3/c1-15-7-8-37-24(15)39(34,35)31-20-11-18(36-25(26,27)28)9-17-10-21(30-22(17)20)23(33)29-12-19(13-32)38-14-16-5-3-2-4-6-16/h2-11,13,19,30-31H,12,14H2,1H3,(H,29,33). The molecule has 0 saturated heterocycles. The van der Waals surface area contributed by atoms with Gasteiger partial charge in [0.1, 0.15) is 21.9 Å². The third-order valence-electron chi connectivity index (χ3n) is 5.41. The molecule has 1 unspecified atom stereocenters. The number of ether oxygens (including phenoxy) is 1. The molecule has 39 heavy (non-hydrogen) atoms. The number of aromatic amines is 1. The van der Waals surface area contributed by atoms with Gasteiger partial charge in [-0.2, -0.15) is 0 Å². The lowest BCUT2D eigenvalue weighted by atomic mass is 10.2. The maximum absolute atomic E-state index is 12.9. The number of thioether (sulfide) groups is 1. The summed E-state index contributed by atoms with van der Waals surface area (Å²) in [5, 5.41) is 3.77. The van der Waals surface area contributed by atoms with E-state index >= 15 is 0 Å². The van der Waals surface area contributed by atoms with Crippen molar-refractivity contribution >= 4 is 61.9 Å². The number of sulfonamides is 1. The van der Waals surface area contributed by atoms with Crippen LogP contribution in [0.2, 0.25) is 0 Å². The lowest BCUT2D eigenvalue weighted by molar-refractivity contribution is -0.274. The number of hydrogen-bond donors (Lipinski definition) is 3. The molecule has 0 fully saturated rings. The van der Waals surface area contributed by atoms with E-state index in [0.29, 0.717) is 11.3 Å². The van der Waals surface area contributed by atoms with Gasteiger partial charge in [-0.05, 0) is 41.6 Å². The number of aryl methyl sites for hydroxylation is 1. The quantitative estimate of drug-likeness (QED) is 0.198. The maximum atomic E-state index is 12.9. The predicted octanol–water partition coefficient (Wildman–Crippen LogP) is 5.47. The van der Waals surface area contributed by atoms with Crippen molar-refractivity contribution in [3.63, 3.8) is 0 Å². The van der Waals surface area contributed by atoms with E-state index in [1.807, 2.05) is 30.3 Å². The van der Waals surface area contributed by atoms with Crippen LogP contribution in [-0.2, 0) is 20.6 Å². The van der Waals surface area contributed by atoms with Gasteiger partial charge in [0.2, 0.25) is 0 Å². The number of hydrogen-bond acceptors (Lipinski definition) is 7. The van der Waals surface area contributed by atoms with E-state index in [-0.39, 0.29) is 33.0 Å². The van der Waals surface area contributed by atoms with Gasteiger partial charge in [-0.1, -0.05) is 30.3 Å². The van der Waals surface area contributed by atoms with Crippen LogP contribution >= 0.6 is 23.1 Å². The Labute approximate surface area is 230 Å². The van der Waals surface area contributed by atoms with Crippen LogP contribution in [0, 0.1) is 6.92 Å². The fourth-order valence-corrected chi connectivity index (χ4v) is 7.01. The second-order valence-corrected chi connectivity index (χ2v) is 12.4. The number of aldehydes is 1. The van der Waals surface area contributed by atoms with E-state index < -0.39 is 33.3 Å². The number of nitrogens with one attached hydrogen (secondary N) is 3. The van der Waals surface area contributed by atoms with Crippen molar-refractivity contribution in [1.82, 2.24) is 10.3 Å². The van der Waals surface area contributed by atoms with Crippen LogP contribution in [0.15, 0.2) is 64.2 Å². The number of fused-ring (bicyclic) bond motifs is 1. The molecule has 14 heteroatoms. The molecule has 4 rings (SSSR count). The molecule has 0 aliphatic heterocycles. The number of rotatable bonds is 11. The molecule has 1 amide bonds. The van der Waals surface area contributed by atoms with Gasteiger partial charge >= 0.3 is 6.36 Å². The SMILES string of the molecule is Cc1ccsc1S(=O)(=O)Nc1cc(OC(F)(F)F)cc2cc(C(=O)NCC(C=O)SCc3ccccc3)[nH]c12. The average Bonchev–Trinajstić information content (AvgIpc) is 3.50. The van der Waals surface area contributed by atoms with Crippen LogP contribution in [0.1, 0.15) is 21.6 Å². The summed E-state index contributed by atoms with van der Waals surface area (Å²) in [6, 6.07) is 14.3. The van der Waals surface area contributed by atoms with Gasteiger partial charge in [-0.15, -0.1) is 36.3 Å². The van der Waals surface area contributed by atoms with Crippen molar-refractivity contribution in [2.45, 2.75) is 28.5 Å². The van der Waals surface area contributed by atoms with Gasteiger partial charge in [-0.25, -0.2) is 8.42 Å². The number of carbonyl (C=O) groups excluding carboxylic acids is 2. The lowest BCUT2D eigenvalue weighted by Gasteiger charge is -2.13. The number of thiophene rings is 1. The molecular weight excluding hydrogens is 575 g/mol. The van der Waals surface area contributed by atoms with E-state index in [1.165, 1.54) is 17.8 Å². The van der Waals surface area contributed by atoms with Crippen LogP contribution in [0.4, 0.5) is 18.9 Å². The minimum absolute atomic E-state index is 0.00442. The van der Waals surface area contributed by atoms with Crippen LogP contribution in [0.25, 0.3) is 10.9 Å². The molecule has 0 aliphatic carbocycles. The largest absolute Gasteiger partial charge is 0.573 e. The number of anilines is 1. The highest BCUT2D eigenvalue weighted by Crippen LogP contribution is 2.35. The van der Waals surface area contributed by atoms with E-state index in [2.05, 4.69) is 19.8 Å². The van der Waals surface area contributed by atoms with Crippen LogP contribution in [-0.4, -0.2) is 43.8 Å². The van der Waals surface area contributed by atoms with Gasteiger partial charge in [-0.3, -0.25) is 9.52 Å². The van der Waals surface area contributed by atoms with E-state index in [4.69, 9.17) is 0 Å². The minimum atomic E-state index is -5.02. The normalized spacial score (nSPS) is 12.7. The molecule has 0 saturated carbocycles. The maximum Gasteiger partial charge on any atom is 0.573 e. The summed E-state index contributed by atoms with van der Waals surface area (Å²) in [5.41, 5.74) is 1.29. The Balaban J connectivity index is 1.56. The molecule has 2 aromatic heterocycles. The molecule has 2 heterocycles. The number of alkyl halides is 3. The lowest BCUT2D eigenvalue weighted by Crippen LogP contribution is -2.31. The Bertz CT molecular complexity index is 1580. The zero-order valence-corrected chi connectivity index (χ0v) is 22.7. The number of benzene rings is 2. The predicted molar refractivity (Wildman–Crippen MR) is 145 cm³/mol. The summed E-state index contributed by atoms with van der Waals surface area (Å²) in [6.45, 7) is 1.60. The first-order valence-corrected chi connectivity index (χ1v) is 14.7. The fourth-order valence-electron chi connectivity index (χ4n) is 3.65. The molecule has 0 bridgehead atoms. The fraction of sp³-hybridized carbons (Fsp3) is 0.200. The van der Waals surface area contributed by atoms with Crippen molar-refractivity contribution in [3.05, 3.63) is 76.8 Å². The summed E-state index contributed by atoms with van der Waals surface area (Å²) in [4.78, 5) is 27.1. The van der Waals surface area contributed by atoms with E-state index in [0.717, 1.165) is 35.3 Å². The smallest absolute Gasteiger partial charge is 0.406 e. The molecule has 4 aromatic rings. The molecule has 1 atom stereocenters. The van der Waals surface area contributed by atoms with Gasteiger partial charge in [0.15, 0.2) is 0 Å². The van der Waals surface area contributed by atoms with Gasteiger partial charge in [0.05, 0.1) is 16.5 Å². The van der Waals surface area contributed by atoms with Crippen molar-refractivity contribution < 1.29 is 35.9 Å². The summed E-state index contributed by atoms with van der Waals surface area (Å²) < 4.78 is 71.0. The molecule has 0 radical (unpaired) electrons. The Hall–Kier alpha value is -3.49. The van der Waals surface area contributed by atoms with Crippen molar-refractivity contribution in [2.24, 2.45) is 0 Å². The van der Waals surface area contributed by atoms with Gasteiger partial charge in [0.25, 0.3) is 15.9 Å². The first-order chi connectivity index (χ1) is 18.4. The van der Waals surface area contributed by atoms with Crippen LogP contribution in [0.3, 0.4) is 0 Å². The third-order valence-corrected chi connectivity index (χ3v) is 9.67. The molecule has 206 valence electrons. The summed E-state index contributed by atoms with van der Waals surface area (Å²) in [5.74, 6) is -0.735. The monoisotopic (exact) mass is 597 g/mol. The number of H-pyrrole nitrogens is 1. The topological polar surface area (TPSA) is 117 Å². The van der Waals surface area contributed by atoms with E-state index in [9.17, 15) is 31.2 Å². The Kier molecular flexibility index (Phi) is 8.57. The highest BCUT2D eigenvalue weighted by atomic mass is 32.2. The zero-order chi connectivity index (χ0) is 28.2. The summed E-state index contributed by atoms with van der Waals surface area (Å²) >= 11 is 2.29. The highest BCUT2D eigenvalue weighted by Gasteiger charge is 2.32. The van der Waals surface area contributed by atoms with Crippen molar-refractivity contribution in [1.29, 1.82) is 0 Å². The minimum Gasteiger partial charge on any atom is -0.406 e. The molecule has 0 aliphatic rings. The Morgan fingerprint density at radius 1 is 1.18 bits per heavy atom.